The monoisotopic (exact) mass is 336 g/mol. The lowest BCUT2D eigenvalue weighted by Gasteiger charge is -2.10. The highest BCUT2D eigenvalue weighted by Crippen LogP contribution is 2.13. The van der Waals surface area contributed by atoms with Crippen molar-refractivity contribution in [3.05, 3.63) is 11.8 Å². The Morgan fingerprint density at radius 2 is 2.24 bits per heavy atom. The van der Waals surface area contributed by atoms with E-state index in [2.05, 4.69) is 15.8 Å². The van der Waals surface area contributed by atoms with Crippen LogP contribution in [0.3, 0.4) is 0 Å². The zero-order valence-corrected chi connectivity index (χ0v) is 13.7. The Hall–Kier alpha value is -1.25. The quantitative estimate of drug-likeness (QED) is 0.609. The summed E-state index contributed by atoms with van der Waals surface area (Å²) in [5.41, 5.74) is 5.33. The molecule has 1 rings (SSSR count). The van der Waals surface area contributed by atoms with Crippen LogP contribution in [0.15, 0.2) is 10.6 Å². The average Bonchev–Trinajstić information content (AvgIpc) is 2.81. The van der Waals surface area contributed by atoms with E-state index < -0.39 is 0 Å². The van der Waals surface area contributed by atoms with Crippen LogP contribution in [0.5, 0.6) is 0 Å². The van der Waals surface area contributed by atoms with Crippen LogP contribution < -0.4 is 16.4 Å². The van der Waals surface area contributed by atoms with E-state index in [9.17, 15) is 9.59 Å². The standard InChI is InChI=1S/C12H20N4O3S.ClH/c1-8-6-10(16-19-8)15-12(18)9(2)20-7-11(17)14-5-3-4-13;/h6,9H,3-5,7,13H2,1-2H3,(H,14,17)(H,15,16,18);1H. The van der Waals surface area contributed by atoms with Crippen LogP contribution >= 0.6 is 24.2 Å². The summed E-state index contributed by atoms with van der Waals surface area (Å²) < 4.78 is 4.85. The average molecular weight is 337 g/mol. The van der Waals surface area contributed by atoms with Gasteiger partial charge in [-0.05, 0) is 26.8 Å². The first kappa shape index (κ1) is 19.8. The molecule has 2 amide bonds. The lowest BCUT2D eigenvalue weighted by Crippen LogP contribution is -2.30. The summed E-state index contributed by atoms with van der Waals surface area (Å²) in [4.78, 5) is 23.3. The number of amides is 2. The van der Waals surface area contributed by atoms with Crippen LogP contribution in [0.2, 0.25) is 0 Å². The van der Waals surface area contributed by atoms with E-state index in [0.29, 0.717) is 24.7 Å². The van der Waals surface area contributed by atoms with Gasteiger partial charge in [0.05, 0.1) is 11.0 Å². The molecular formula is C12H21ClN4O3S. The molecule has 0 bridgehead atoms. The van der Waals surface area contributed by atoms with Crippen LogP contribution in [-0.4, -0.2) is 41.1 Å². The van der Waals surface area contributed by atoms with Gasteiger partial charge in [-0.2, -0.15) is 0 Å². The second-order valence-corrected chi connectivity index (χ2v) is 5.59. The number of nitrogens with two attached hydrogens (primary N) is 1. The molecule has 4 N–H and O–H groups in total. The minimum atomic E-state index is -0.354. The molecule has 0 aliphatic rings. The van der Waals surface area contributed by atoms with Gasteiger partial charge in [-0.1, -0.05) is 5.16 Å². The Morgan fingerprint density at radius 1 is 1.52 bits per heavy atom. The van der Waals surface area contributed by atoms with Gasteiger partial charge < -0.3 is 20.9 Å². The number of aryl methyl sites for hydroxylation is 1. The van der Waals surface area contributed by atoms with Crippen molar-refractivity contribution < 1.29 is 14.1 Å². The van der Waals surface area contributed by atoms with Gasteiger partial charge in [0.25, 0.3) is 0 Å². The van der Waals surface area contributed by atoms with Crippen LogP contribution in [0.4, 0.5) is 5.82 Å². The summed E-state index contributed by atoms with van der Waals surface area (Å²) >= 11 is 1.26. The summed E-state index contributed by atoms with van der Waals surface area (Å²) in [6.45, 7) is 4.59. The fourth-order valence-corrected chi connectivity index (χ4v) is 2.02. The van der Waals surface area contributed by atoms with Crippen molar-refractivity contribution in [1.82, 2.24) is 10.5 Å². The first-order valence-corrected chi connectivity index (χ1v) is 7.40. The van der Waals surface area contributed by atoms with Crippen molar-refractivity contribution >= 4 is 41.8 Å². The Labute approximate surface area is 134 Å². The third kappa shape index (κ3) is 7.93. The number of rotatable bonds is 8. The van der Waals surface area contributed by atoms with Gasteiger partial charge >= 0.3 is 0 Å². The van der Waals surface area contributed by atoms with Crippen LogP contribution in [0, 0.1) is 6.92 Å². The predicted octanol–water partition coefficient (Wildman–Crippen LogP) is 0.930. The number of nitrogens with one attached hydrogen (secondary N) is 2. The van der Waals surface area contributed by atoms with Crippen molar-refractivity contribution in [3.8, 4) is 0 Å². The van der Waals surface area contributed by atoms with E-state index in [4.69, 9.17) is 10.3 Å². The van der Waals surface area contributed by atoms with Crippen LogP contribution in [0.1, 0.15) is 19.1 Å². The molecule has 7 nitrogen and oxygen atoms in total. The third-order valence-corrected chi connectivity index (χ3v) is 3.56. The van der Waals surface area contributed by atoms with Crippen molar-refractivity contribution in [1.29, 1.82) is 0 Å². The van der Waals surface area contributed by atoms with Gasteiger partial charge in [-0.15, -0.1) is 24.2 Å². The van der Waals surface area contributed by atoms with E-state index in [1.807, 2.05) is 0 Å². The lowest BCUT2D eigenvalue weighted by molar-refractivity contribution is -0.118. The Morgan fingerprint density at radius 3 is 2.81 bits per heavy atom. The summed E-state index contributed by atoms with van der Waals surface area (Å²) in [7, 11) is 0. The Balaban J connectivity index is 0.00000400. The molecule has 9 heteroatoms. The molecule has 1 atom stereocenters. The summed E-state index contributed by atoms with van der Waals surface area (Å²) in [6.07, 6.45) is 0.748. The fraction of sp³-hybridized carbons (Fsp3) is 0.583. The summed E-state index contributed by atoms with van der Waals surface area (Å²) in [5, 5.41) is 8.68. The van der Waals surface area contributed by atoms with Gasteiger partial charge in [-0.25, -0.2) is 0 Å². The molecule has 0 fully saturated rings. The lowest BCUT2D eigenvalue weighted by atomic mass is 10.4. The summed E-state index contributed by atoms with van der Waals surface area (Å²) in [6, 6.07) is 1.63. The number of aromatic nitrogens is 1. The maximum Gasteiger partial charge on any atom is 0.238 e. The number of hydrogen-bond donors (Lipinski definition) is 3. The highest BCUT2D eigenvalue weighted by Gasteiger charge is 2.16. The van der Waals surface area contributed by atoms with Crippen molar-refractivity contribution in [2.45, 2.75) is 25.5 Å². The molecular weight excluding hydrogens is 316 g/mol. The molecule has 1 aromatic heterocycles. The molecule has 0 aliphatic carbocycles. The molecule has 0 saturated heterocycles. The largest absolute Gasteiger partial charge is 0.360 e. The van der Waals surface area contributed by atoms with E-state index >= 15 is 0 Å². The molecule has 0 spiro atoms. The van der Waals surface area contributed by atoms with Gasteiger partial charge in [0, 0.05) is 12.6 Å². The number of thioether (sulfide) groups is 1. The number of carbonyl (C=O) groups is 2. The second kappa shape index (κ2) is 10.5. The summed E-state index contributed by atoms with van der Waals surface area (Å²) in [5.74, 6) is 0.933. The SMILES string of the molecule is Cc1cc(NC(=O)C(C)SCC(=O)NCCCN)no1.Cl. The number of carbonyl (C=O) groups excluding carboxylic acids is 2. The fourth-order valence-electron chi connectivity index (χ4n) is 1.31. The highest BCUT2D eigenvalue weighted by molar-refractivity contribution is 8.01. The maximum atomic E-state index is 11.8. The molecule has 1 heterocycles. The first-order chi connectivity index (χ1) is 9.52. The van der Waals surface area contributed by atoms with Crippen molar-refractivity contribution in [2.24, 2.45) is 5.73 Å². The van der Waals surface area contributed by atoms with Gasteiger partial charge in [0.15, 0.2) is 5.82 Å². The van der Waals surface area contributed by atoms with Crippen molar-refractivity contribution in [3.63, 3.8) is 0 Å². The maximum absolute atomic E-state index is 11.8. The zero-order valence-electron chi connectivity index (χ0n) is 12.0. The van der Waals surface area contributed by atoms with E-state index in [0.717, 1.165) is 6.42 Å². The van der Waals surface area contributed by atoms with Crippen LogP contribution in [-0.2, 0) is 9.59 Å². The molecule has 0 radical (unpaired) electrons. The van der Waals surface area contributed by atoms with E-state index in [-0.39, 0.29) is 35.2 Å². The number of hydrogen-bond acceptors (Lipinski definition) is 6. The molecule has 1 unspecified atom stereocenters. The van der Waals surface area contributed by atoms with Gasteiger partial charge in [-0.3, -0.25) is 9.59 Å². The Kier molecular flexibility index (Phi) is 9.85. The van der Waals surface area contributed by atoms with Crippen LogP contribution in [0.25, 0.3) is 0 Å². The van der Waals surface area contributed by atoms with Gasteiger partial charge in [0.2, 0.25) is 11.8 Å². The smallest absolute Gasteiger partial charge is 0.238 e. The molecule has 0 aliphatic heterocycles. The normalized spacial score (nSPS) is 11.4. The number of halogens is 1. The minimum Gasteiger partial charge on any atom is -0.360 e. The molecule has 120 valence electrons. The number of anilines is 1. The molecule has 0 saturated carbocycles. The minimum absolute atomic E-state index is 0. The highest BCUT2D eigenvalue weighted by atomic mass is 35.5. The zero-order chi connectivity index (χ0) is 15.0. The third-order valence-electron chi connectivity index (χ3n) is 2.42. The topological polar surface area (TPSA) is 110 Å². The van der Waals surface area contributed by atoms with Gasteiger partial charge in [0.1, 0.15) is 5.76 Å². The molecule has 0 aromatic carbocycles. The van der Waals surface area contributed by atoms with E-state index in [1.165, 1.54) is 11.8 Å². The number of nitrogens with zero attached hydrogens (tertiary/aromatic N) is 1. The van der Waals surface area contributed by atoms with E-state index in [1.54, 1.807) is 19.9 Å². The Bertz CT molecular complexity index is 455. The first-order valence-electron chi connectivity index (χ1n) is 6.35. The predicted molar refractivity (Wildman–Crippen MR) is 85.7 cm³/mol. The second-order valence-electron chi connectivity index (χ2n) is 4.26. The molecule has 1 aromatic rings. The molecule has 21 heavy (non-hydrogen) atoms. The van der Waals surface area contributed by atoms with Crippen molar-refractivity contribution in [2.75, 3.05) is 24.2 Å².